The van der Waals surface area contributed by atoms with Gasteiger partial charge in [-0.2, -0.15) is 5.26 Å². The minimum atomic E-state index is -0.891. The van der Waals surface area contributed by atoms with Gasteiger partial charge in [0.1, 0.15) is 17.4 Å². The van der Waals surface area contributed by atoms with Crippen LogP contribution >= 0.6 is 15.9 Å². The van der Waals surface area contributed by atoms with Gasteiger partial charge >= 0.3 is 0 Å². The van der Waals surface area contributed by atoms with E-state index < -0.39 is 17.2 Å². The molecule has 0 radical (unpaired) electrons. The second-order valence-corrected chi connectivity index (χ2v) is 4.17. The second-order valence-electron chi connectivity index (χ2n) is 3.26. The first kappa shape index (κ1) is 11.7. The van der Waals surface area contributed by atoms with E-state index in [1.807, 2.05) is 0 Å². The van der Waals surface area contributed by atoms with Crippen molar-refractivity contribution in [3.8, 4) is 17.3 Å². The zero-order chi connectivity index (χ0) is 12.4. The molecule has 0 N–H and O–H groups in total. The Morgan fingerprint density at radius 3 is 2.65 bits per heavy atom. The van der Waals surface area contributed by atoms with Gasteiger partial charge in [0.05, 0.1) is 5.69 Å². The molecule has 0 unspecified atom stereocenters. The molecule has 84 valence electrons. The highest BCUT2D eigenvalue weighted by molar-refractivity contribution is 9.10. The van der Waals surface area contributed by atoms with E-state index >= 15 is 0 Å². The van der Waals surface area contributed by atoms with E-state index in [1.165, 1.54) is 18.3 Å². The van der Waals surface area contributed by atoms with Gasteiger partial charge in [0.15, 0.2) is 5.82 Å². The maximum atomic E-state index is 13.8. The van der Waals surface area contributed by atoms with Crippen LogP contribution in [0.25, 0.3) is 11.3 Å². The van der Waals surface area contributed by atoms with Crippen molar-refractivity contribution in [2.24, 2.45) is 0 Å². The van der Waals surface area contributed by atoms with Gasteiger partial charge in [0, 0.05) is 16.2 Å². The van der Waals surface area contributed by atoms with E-state index in [1.54, 1.807) is 12.1 Å². The smallest absolute Gasteiger partial charge is 0.153 e. The molecule has 2 nitrogen and oxygen atoms in total. The van der Waals surface area contributed by atoms with Crippen LogP contribution < -0.4 is 0 Å². The molecule has 5 heteroatoms. The van der Waals surface area contributed by atoms with Crippen molar-refractivity contribution in [2.45, 2.75) is 0 Å². The summed E-state index contributed by atoms with van der Waals surface area (Å²) in [4.78, 5) is 3.97. The number of hydrogen-bond donors (Lipinski definition) is 0. The summed E-state index contributed by atoms with van der Waals surface area (Å²) in [5.74, 6) is -1.76. The minimum Gasteiger partial charge on any atom is -0.256 e. The van der Waals surface area contributed by atoms with Crippen molar-refractivity contribution in [3.05, 3.63) is 52.1 Å². The minimum absolute atomic E-state index is 0.101. The van der Waals surface area contributed by atoms with Crippen LogP contribution in [-0.2, 0) is 0 Å². The van der Waals surface area contributed by atoms with Crippen LogP contribution in [0.5, 0.6) is 0 Å². The number of hydrogen-bond acceptors (Lipinski definition) is 2. The normalized spacial score (nSPS) is 10.0. The van der Waals surface area contributed by atoms with Crippen molar-refractivity contribution in [1.29, 1.82) is 5.26 Å². The van der Waals surface area contributed by atoms with Crippen molar-refractivity contribution in [2.75, 3.05) is 0 Å². The number of rotatable bonds is 1. The Morgan fingerprint density at radius 2 is 2.00 bits per heavy atom. The summed E-state index contributed by atoms with van der Waals surface area (Å²) in [6.45, 7) is 0. The number of aromatic nitrogens is 1. The number of nitriles is 1. The largest absolute Gasteiger partial charge is 0.256 e. The Labute approximate surface area is 105 Å². The van der Waals surface area contributed by atoms with Gasteiger partial charge in [-0.25, -0.2) is 8.78 Å². The Kier molecular flexibility index (Phi) is 3.16. The maximum Gasteiger partial charge on any atom is 0.153 e. The molecule has 0 aliphatic heterocycles. The van der Waals surface area contributed by atoms with Gasteiger partial charge in [0.25, 0.3) is 0 Å². The maximum absolute atomic E-state index is 13.8. The highest BCUT2D eigenvalue weighted by atomic mass is 79.9. The van der Waals surface area contributed by atoms with Crippen molar-refractivity contribution in [1.82, 2.24) is 4.98 Å². The third kappa shape index (κ3) is 2.17. The van der Waals surface area contributed by atoms with Gasteiger partial charge in [-0.15, -0.1) is 0 Å². The number of benzene rings is 1. The first-order chi connectivity index (χ1) is 8.13. The summed E-state index contributed by atoms with van der Waals surface area (Å²) in [5.41, 5.74) is -0.151. The molecule has 0 spiro atoms. The lowest BCUT2D eigenvalue weighted by atomic mass is 10.1. The Hall–Kier alpha value is -1.80. The molecule has 2 rings (SSSR count). The molecule has 0 bridgehead atoms. The van der Waals surface area contributed by atoms with Crippen molar-refractivity contribution < 1.29 is 8.78 Å². The van der Waals surface area contributed by atoms with Crippen LogP contribution in [0.1, 0.15) is 5.56 Å². The predicted octanol–water partition coefficient (Wildman–Crippen LogP) is 3.66. The monoisotopic (exact) mass is 294 g/mol. The molecule has 1 aromatic heterocycles. The highest BCUT2D eigenvalue weighted by Gasteiger charge is 2.15. The van der Waals surface area contributed by atoms with Crippen molar-refractivity contribution >= 4 is 15.9 Å². The van der Waals surface area contributed by atoms with Crippen LogP contribution in [-0.4, -0.2) is 4.98 Å². The number of pyridine rings is 1. The van der Waals surface area contributed by atoms with Gasteiger partial charge in [-0.3, -0.25) is 4.98 Å². The fraction of sp³-hybridized carbons (Fsp3) is 0. The molecule has 0 aliphatic carbocycles. The fourth-order valence-electron chi connectivity index (χ4n) is 1.40. The third-order valence-corrected chi connectivity index (χ3v) is 2.69. The van der Waals surface area contributed by atoms with Gasteiger partial charge in [-0.1, -0.05) is 15.9 Å². The second kappa shape index (κ2) is 4.60. The van der Waals surface area contributed by atoms with E-state index in [0.717, 1.165) is 10.5 Å². The molecule has 1 heterocycles. The SMILES string of the molecule is N#Cc1c(F)ccc(-c2cc(Br)ccn2)c1F. The Bertz CT molecular complexity index is 620. The summed E-state index contributed by atoms with van der Waals surface area (Å²) in [7, 11) is 0. The van der Waals surface area contributed by atoms with E-state index in [-0.39, 0.29) is 5.56 Å². The first-order valence-corrected chi connectivity index (χ1v) is 5.43. The molecular formula is C12H5BrF2N2. The molecule has 0 aliphatic rings. The summed E-state index contributed by atoms with van der Waals surface area (Å²) in [6, 6.07) is 7.10. The lowest BCUT2D eigenvalue weighted by molar-refractivity contribution is 0.579. The highest BCUT2D eigenvalue weighted by Crippen LogP contribution is 2.26. The van der Waals surface area contributed by atoms with Crippen LogP contribution in [0.3, 0.4) is 0 Å². The molecule has 17 heavy (non-hydrogen) atoms. The van der Waals surface area contributed by atoms with Gasteiger partial charge in [0.2, 0.25) is 0 Å². The molecule has 0 atom stereocenters. The Balaban J connectivity index is 2.66. The van der Waals surface area contributed by atoms with E-state index in [4.69, 9.17) is 5.26 Å². The molecule has 0 fully saturated rings. The van der Waals surface area contributed by atoms with E-state index in [0.29, 0.717) is 5.69 Å². The molecule has 0 amide bonds. The zero-order valence-electron chi connectivity index (χ0n) is 8.42. The van der Waals surface area contributed by atoms with Gasteiger partial charge < -0.3 is 0 Å². The van der Waals surface area contributed by atoms with E-state index in [2.05, 4.69) is 20.9 Å². The summed E-state index contributed by atoms with van der Waals surface area (Å²) in [6.07, 6.45) is 1.49. The average molecular weight is 295 g/mol. The van der Waals surface area contributed by atoms with Crippen LogP contribution in [0.4, 0.5) is 8.78 Å². The van der Waals surface area contributed by atoms with Crippen LogP contribution in [0, 0.1) is 23.0 Å². The molecule has 0 saturated carbocycles. The zero-order valence-corrected chi connectivity index (χ0v) is 10.0. The molecule has 0 saturated heterocycles. The lowest BCUT2D eigenvalue weighted by Gasteiger charge is -2.04. The topological polar surface area (TPSA) is 36.7 Å². The van der Waals surface area contributed by atoms with Crippen LogP contribution in [0.2, 0.25) is 0 Å². The van der Waals surface area contributed by atoms with E-state index in [9.17, 15) is 8.78 Å². The molecule has 2 aromatic rings. The molecular weight excluding hydrogens is 290 g/mol. The fourth-order valence-corrected chi connectivity index (χ4v) is 1.74. The first-order valence-electron chi connectivity index (χ1n) is 4.63. The van der Waals surface area contributed by atoms with Crippen molar-refractivity contribution in [3.63, 3.8) is 0 Å². The summed E-state index contributed by atoms with van der Waals surface area (Å²) in [5, 5.41) is 8.67. The quantitative estimate of drug-likeness (QED) is 0.805. The third-order valence-electron chi connectivity index (χ3n) is 2.20. The summed E-state index contributed by atoms with van der Waals surface area (Å²) < 4.78 is 27.7. The number of halogens is 3. The summed E-state index contributed by atoms with van der Waals surface area (Å²) >= 11 is 3.23. The standard InChI is InChI=1S/C12H5BrF2N2/c13-7-3-4-17-11(5-7)8-1-2-10(14)9(6-16)12(8)15/h1-5H. The Morgan fingerprint density at radius 1 is 1.24 bits per heavy atom. The number of nitrogens with zero attached hydrogens (tertiary/aromatic N) is 2. The predicted molar refractivity (Wildman–Crippen MR) is 62.0 cm³/mol. The average Bonchev–Trinajstić information content (AvgIpc) is 2.29. The van der Waals surface area contributed by atoms with Gasteiger partial charge in [-0.05, 0) is 24.3 Å². The van der Waals surface area contributed by atoms with Crippen LogP contribution in [0.15, 0.2) is 34.9 Å². The lowest BCUT2D eigenvalue weighted by Crippen LogP contribution is -1.95. The molecule has 1 aromatic carbocycles.